The largest absolute Gasteiger partial charge is 0.462 e. The van der Waals surface area contributed by atoms with Crippen molar-refractivity contribution < 1.29 is 9.53 Å². The van der Waals surface area contributed by atoms with Crippen LogP contribution in [0.2, 0.25) is 0 Å². The molecule has 0 saturated heterocycles. The summed E-state index contributed by atoms with van der Waals surface area (Å²) in [5.41, 5.74) is 2.27. The lowest BCUT2D eigenvalue weighted by Crippen LogP contribution is -2.56. The molecule has 33 heavy (non-hydrogen) atoms. The molecule has 0 aromatic rings. The monoisotopic (exact) mass is 456 g/mol. The summed E-state index contributed by atoms with van der Waals surface area (Å²) in [6.07, 6.45) is 17.1. The number of rotatable bonds is 6. The lowest BCUT2D eigenvalue weighted by Gasteiger charge is -2.62. The highest BCUT2D eigenvalue weighted by Gasteiger charge is 2.81. The van der Waals surface area contributed by atoms with E-state index < -0.39 is 0 Å². The summed E-state index contributed by atoms with van der Waals surface area (Å²) in [5, 5.41) is 0. The molecule has 5 aliphatic carbocycles. The maximum atomic E-state index is 11.7. The third-order valence-electron chi connectivity index (χ3n) is 13.1. The van der Waals surface area contributed by atoms with Gasteiger partial charge in [0, 0.05) is 6.92 Å². The fraction of sp³-hybridized carbons (Fsp3) is 0.968. The molecular formula is C31H52O2. The number of ether oxygens (including phenoxy) is 1. The Bertz CT molecular complexity index is 773. The maximum absolute atomic E-state index is 11.7. The van der Waals surface area contributed by atoms with E-state index in [1.54, 1.807) is 6.92 Å². The summed E-state index contributed by atoms with van der Waals surface area (Å²) in [7, 11) is 0. The molecule has 10 unspecified atom stereocenters. The molecular weight excluding hydrogens is 404 g/mol. The minimum atomic E-state index is -0.0811. The van der Waals surface area contributed by atoms with Crippen LogP contribution in [0, 0.1) is 57.2 Å². The van der Waals surface area contributed by atoms with Crippen molar-refractivity contribution in [1.82, 2.24) is 0 Å². The predicted molar refractivity (Wildman–Crippen MR) is 136 cm³/mol. The lowest BCUT2D eigenvalue weighted by atomic mass is 9.43. The molecule has 5 aliphatic rings. The van der Waals surface area contributed by atoms with Gasteiger partial charge < -0.3 is 4.74 Å². The van der Waals surface area contributed by atoms with Gasteiger partial charge in [0.15, 0.2) is 0 Å². The molecule has 0 bridgehead atoms. The van der Waals surface area contributed by atoms with Gasteiger partial charge in [-0.05, 0) is 115 Å². The molecule has 5 fully saturated rings. The van der Waals surface area contributed by atoms with Crippen LogP contribution >= 0.6 is 0 Å². The molecule has 10 atom stereocenters. The molecule has 2 spiro atoms. The zero-order valence-corrected chi connectivity index (χ0v) is 22.8. The molecule has 0 aliphatic heterocycles. The normalized spacial score (nSPS) is 51.2. The first-order valence-corrected chi connectivity index (χ1v) is 14.7. The van der Waals surface area contributed by atoms with Crippen LogP contribution in [0.25, 0.3) is 0 Å². The van der Waals surface area contributed by atoms with Crippen LogP contribution in [0.5, 0.6) is 0 Å². The topological polar surface area (TPSA) is 26.3 Å². The summed E-state index contributed by atoms with van der Waals surface area (Å²) in [6, 6.07) is 0. The van der Waals surface area contributed by atoms with Crippen molar-refractivity contribution in [3.8, 4) is 0 Å². The van der Waals surface area contributed by atoms with Gasteiger partial charge in [0.05, 0.1) is 0 Å². The average Bonchev–Trinajstić information content (AvgIpc) is 3.32. The van der Waals surface area contributed by atoms with Gasteiger partial charge in [0.1, 0.15) is 6.10 Å². The average molecular weight is 457 g/mol. The zero-order valence-electron chi connectivity index (χ0n) is 22.8. The molecule has 2 heteroatoms. The highest BCUT2D eigenvalue weighted by atomic mass is 16.5. The summed E-state index contributed by atoms with van der Waals surface area (Å²) >= 11 is 0. The lowest BCUT2D eigenvalue weighted by molar-refractivity contribution is -0.165. The highest BCUT2D eigenvalue weighted by Crippen LogP contribution is 2.88. The number of carbonyl (C=O) groups excluding carboxylic acids is 1. The van der Waals surface area contributed by atoms with Crippen LogP contribution in [-0.4, -0.2) is 12.1 Å². The molecule has 2 nitrogen and oxygen atoms in total. The van der Waals surface area contributed by atoms with Crippen LogP contribution in [-0.2, 0) is 9.53 Å². The van der Waals surface area contributed by atoms with Crippen LogP contribution in [0.15, 0.2) is 0 Å². The Kier molecular flexibility index (Phi) is 5.85. The van der Waals surface area contributed by atoms with Crippen LogP contribution in [0.4, 0.5) is 0 Å². The number of esters is 1. The van der Waals surface area contributed by atoms with Crippen LogP contribution in [0.3, 0.4) is 0 Å². The van der Waals surface area contributed by atoms with E-state index in [1.807, 2.05) is 0 Å². The standard InChI is InChI=1S/C31H52O2/c1-20(2)9-8-10-21(3)24-13-15-29(7)27-12-11-25-22(4)26(33-23(5)32)14-16-30(25)19-31(27,30)18-17-28(24,29)6/h20-22,24-27H,8-19H2,1-7H3. The summed E-state index contributed by atoms with van der Waals surface area (Å²) in [4.78, 5) is 11.7. The minimum absolute atomic E-state index is 0.0811. The van der Waals surface area contributed by atoms with Gasteiger partial charge in [-0.25, -0.2) is 0 Å². The fourth-order valence-corrected chi connectivity index (χ4v) is 11.4. The first-order valence-electron chi connectivity index (χ1n) is 14.7. The predicted octanol–water partition coefficient (Wildman–Crippen LogP) is 8.43. The summed E-state index contributed by atoms with van der Waals surface area (Å²) in [5.74, 6) is 4.84. The summed E-state index contributed by atoms with van der Waals surface area (Å²) < 4.78 is 5.80. The van der Waals surface area contributed by atoms with Crippen molar-refractivity contribution in [2.75, 3.05) is 0 Å². The Balaban J connectivity index is 1.35. The van der Waals surface area contributed by atoms with E-state index in [0.29, 0.717) is 27.6 Å². The molecule has 0 heterocycles. The molecule has 0 aromatic heterocycles. The minimum Gasteiger partial charge on any atom is -0.462 e. The Morgan fingerprint density at radius 2 is 1.67 bits per heavy atom. The van der Waals surface area contributed by atoms with E-state index in [1.165, 1.54) is 70.6 Å². The Labute approximate surface area is 204 Å². The Morgan fingerprint density at radius 3 is 2.36 bits per heavy atom. The number of carbonyl (C=O) groups is 1. The third kappa shape index (κ3) is 3.27. The van der Waals surface area contributed by atoms with Gasteiger partial charge in [-0.15, -0.1) is 0 Å². The van der Waals surface area contributed by atoms with Gasteiger partial charge in [-0.3, -0.25) is 4.79 Å². The van der Waals surface area contributed by atoms with Crippen molar-refractivity contribution in [3.63, 3.8) is 0 Å². The Hall–Kier alpha value is -0.530. The van der Waals surface area contributed by atoms with Gasteiger partial charge in [-0.1, -0.05) is 60.8 Å². The number of hydrogen-bond donors (Lipinski definition) is 0. The Morgan fingerprint density at radius 1 is 0.909 bits per heavy atom. The van der Waals surface area contributed by atoms with Crippen molar-refractivity contribution in [1.29, 1.82) is 0 Å². The van der Waals surface area contributed by atoms with Gasteiger partial charge in [0.25, 0.3) is 0 Å². The van der Waals surface area contributed by atoms with E-state index in [4.69, 9.17) is 4.74 Å². The van der Waals surface area contributed by atoms with Crippen LogP contribution < -0.4 is 0 Å². The van der Waals surface area contributed by atoms with Gasteiger partial charge in [-0.2, -0.15) is 0 Å². The smallest absolute Gasteiger partial charge is 0.302 e. The van der Waals surface area contributed by atoms with Gasteiger partial charge >= 0.3 is 5.97 Å². The van der Waals surface area contributed by atoms with Crippen molar-refractivity contribution in [3.05, 3.63) is 0 Å². The van der Waals surface area contributed by atoms with E-state index in [-0.39, 0.29) is 12.1 Å². The second-order valence-electron chi connectivity index (χ2n) is 14.6. The van der Waals surface area contributed by atoms with E-state index in [2.05, 4.69) is 41.5 Å². The van der Waals surface area contributed by atoms with Gasteiger partial charge in [0.2, 0.25) is 0 Å². The maximum Gasteiger partial charge on any atom is 0.302 e. The molecule has 188 valence electrons. The van der Waals surface area contributed by atoms with Crippen molar-refractivity contribution in [2.45, 2.75) is 132 Å². The molecule has 5 rings (SSSR count). The SMILES string of the molecule is CC(=O)OC1CCC23CC24CCC2(C)C(C(C)CCCC(C)C)CCC2(C)C4CCC3C1C. The third-order valence-corrected chi connectivity index (χ3v) is 13.1. The van der Waals surface area contributed by atoms with E-state index in [0.717, 1.165) is 36.0 Å². The quantitative estimate of drug-likeness (QED) is 0.375. The van der Waals surface area contributed by atoms with Crippen LogP contribution in [0.1, 0.15) is 126 Å². The number of fused-ring (bicyclic) bond motifs is 2. The first kappa shape index (κ1) is 24.2. The second-order valence-corrected chi connectivity index (χ2v) is 14.6. The number of hydrogen-bond acceptors (Lipinski definition) is 2. The van der Waals surface area contributed by atoms with Crippen molar-refractivity contribution in [2.24, 2.45) is 57.2 Å². The van der Waals surface area contributed by atoms with Crippen molar-refractivity contribution >= 4 is 5.97 Å². The highest BCUT2D eigenvalue weighted by molar-refractivity contribution is 5.66. The summed E-state index contributed by atoms with van der Waals surface area (Å²) in [6.45, 7) is 16.8. The second kappa shape index (κ2) is 7.99. The van der Waals surface area contributed by atoms with E-state index in [9.17, 15) is 4.79 Å². The zero-order chi connectivity index (χ0) is 23.8. The molecule has 5 saturated carbocycles. The molecule has 0 aromatic carbocycles. The first-order chi connectivity index (χ1) is 15.5. The fourth-order valence-electron chi connectivity index (χ4n) is 11.4. The molecule has 0 radical (unpaired) electrons. The van der Waals surface area contributed by atoms with E-state index >= 15 is 0 Å². The molecule has 0 amide bonds. The molecule has 0 N–H and O–H groups in total.